The largest absolute Gasteiger partial charge is 0.494 e. The summed E-state index contributed by atoms with van der Waals surface area (Å²) in [6.45, 7) is 8.20. The van der Waals surface area contributed by atoms with Crippen molar-refractivity contribution in [3.63, 3.8) is 0 Å². The number of hydrogen-bond acceptors (Lipinski definition) is 4. The van der Waals surface area contributed by atoms with E-state index < -0.39 is 5.91 Å². The fourth-order valence-corrected chi connectivity index (χ4v) is 4.28. The van der Waals surface area contributed by atoms with E-state index in [1.165, 1.54) is 4.90 Å². The number of aryl methyl sites for hydroxylation is 3. The molecule has 1 aliphatic heterocycles. The standard InChI is InChI=1S/C27H25ClN2O3/c1-5-33-21-8-6-7-20(15-21)29-25-24(22-11-9-16(2)13-17(22)3)26(31)30(27(25)32)23-12-10-19(28)14-18(23)4/h6-15,29H,5H2,1-4H3. The van der Waals surface area contributed by atoms with Gasteiger partial charge in [0.15, 0.2) is 0 Å². The highest BCUT2D eigenvalue weighted by molar-refractivity contribution is 6.46. The number of carbonyl (C=O) groups excluding carboxylic acids is 2. The number of ether oxygens (including phenoxy) is 1. The minimum absolute atomic E-state index is 0.231. The topological polar surface area (TPSA) is 58.6 Å². The summed E-state index contributed by atoms with van der Waals surface area (Å²) < 4.78 is 5.59. The zero-order valence-electron chi connectivity index (χ0n) is 19.0. The van der Waals surface area contributed by atoms with Gasteiger partial charge in [-0.2, -0.15) is 0 Å². The van der Waals surface area contributed by atoms with Gasteiger partial charge in [0.05, 0.1) is 17.9 Å². The maximum atomic E-state index is 13.7. The van der Waals surface area contributed by atoms with Gasteiger partial charge in [0.25, 0.3) is 11.8 Å². The van der Waals surface area contributed by atoms with Crippen LogP contribution in [-0.4, -0.2) is 18.4 Å². The minimum atomic E-state index is -0.415. The van der Waals surface area contributed by atoms with Crippen molar-refractivity contribution in [2.24, 2.45) is 0 Å². The molecule has 0 aromatic heterocycles. The second kappa shape index (κ2) is 9.12. The van der Waals surface area contributed by atoms with E-state index in [0.717, 1.165) is 22.3 Å². The Morgan fingerprint density at radius 2 is 1.70 bits per heavy atom. The van der Waals surface area contributed by atoms with Crippen LogP contribution in [0.3, 0.4) is 0 Å². The molecule has 6 heteroatoms. The van der Waals surface area contributed by atoms with Crippen molar-refractivity contribution in [3.05, 3.63) is 93.6 Å². The van der Waals surface area contributed by atoms with Crippen molar-refractivity contribution in [3.8, 4) is 5.75 Å². The van der Waals surface area contributed by atoms with Crippen LogP contribution in [-0.2, 0) is 9.59 Å². The van der Waals surface area contributed by atoms with Crippen molar-refractivity contribution >= 4 is 40.4 Å². The SMILES string of the molecule is CCOc1cccc(NC2=C(c3ccc(C)cc3C)C(=O)N(c3ccc(Cl)cc3C)C2=O)c1. The van der Waals surface area contributed by atoms with Crippen LogP contribution in [0, 0.1) is 20.8 Å². The lowest BCUT2D eigenvalue weighted by Gasteiger charge is -2.18. The number of benzene rings is 3. The Balaban J connectivity index is 1.85. The zero-order valence-corrected chi connectivity index (χ0v) is 19.8. The van der Waals surface area contributed by atoms with Gasteiger partial charge >= 0.3 is 0 Å². The Labute approximate surface area is 198 Å². The maximum Gasteiger partial charge on any atom is 0.282 e. The summed E-state index contributed by atoms with van der Waals surface area (Å²) in [6.07, 6.45) is 0. The van der Waals surface area contributed by atoms with E-state index in [0.29, 0.717) is 34.3 Å². The molecule has 1 aliphatic rings. The molecule has 0 aliphatic carbocycles. The highest BCUT2D eigenvalue weighted by Gasteiger charge is 2.41. The van der Waals surface area contributed by atoms with Gasteiger partial charge in [0.2, 0.25) is 0 Å². The molecule has 5 nitrogen and oxygen atoms in total. The summed E-state index contributed by atoms with van der Waals surface area (Å²) in [6, 6.07) is 18.3. The van der Waals surface area contributed by atoms with Gasteiger partial charge < -0.3 is 10.1 Å². The van der Waals surface area contributed by atoms with E-state index in [2.05, 4.69) is 5.32 Å². The summed E-state index contributed by atoms with van der Waals surface area (Å²) in [7, 11) is 0. The molecule has 3 aromatic carbocycles. The van der Waals surface area contributed by atoms with E-state index >= 15 is 0 Å². The van der Waals surface area contributed by atoms with E-state index in [-0.39, 0.29) is 11.6 Å². The minimum Gasteiger partial charge on any atom is -0.494 e. The van der Waals surface area contributed by atoms with Crippen LogP contribution in [0.25, 0.3) is 5.57 Å². The van der Waals surface area contributed by atoms with E-state index in [1.54, 1.807) is 18.2 Å². The van der Waals surface area contributed by atoms with E-state index in [4.69, 9.17) is 16.3 Å². The Hall–Kier alpha value is -3.57. The molecule has 0 spiro atoms. The fraction of sp³-hybridized carbons (Fsp3) is 0.185. The van der Waals surface area contributed by atoms with Gasteiger partial charge in [-0.3, -0.25) is 9.59 Å². The summed E-state index contributed by atoms with van der Waals surface area (Å²) in [5, 5.41) is 3.75. The molecule has 0 saturated heterocycles. The first kappa shape index (κ1) is 22.6. The number of halogens is 1. The van der Waals surface area contributed by atoms with Gasteiger partial charge in [-0.15, -0.1) is 0 Å². The molecule has 1 heterocycles. The molecule has 1 N–H and O–H groups in total. The predicted molar refractivity (Wildman–Crippen MR) is 133 cm³/mol. The summed E-state index contributed by atoms with van der Waals surface area (Å²) in [5.74, 6) is -0.110. The Morgan fingerprint density at radius 3 is 2.39 bits per heavy atom. The fourth-order valence-electron chi connectivity index (χ4n) is 4.05. The quantitative estimate of drug-likeness (QED) is 0.454. The maximum absolute atomic E-state index is 13.7. The molecular weight excluding hydrogens is 436 g/mol. The molecule has 3 aromatic rings. The Kier molecular flexibility index (Phi) is 6.25. The molecule has 0 bridgehead atoms. The monoisotopic (exact) mass is 460 g/mol. The molecule has 0 unspecified atom stereocenters. The van der Waals surface area contributed by atoms with Crippen molar-refractivity contribution in [1.29, 1.82) is 0 Å². The summed E-state index contributed by atoms with van der Waals surface area (Å²) in [4.78, 5) is 28.6. The third-order valence-electron chi connectivity index (χ3n) is 5.55. The lowest BCUT2D eigenvalue weighted by molar-refractivity contribution is -0.120. The average Bonchev–Trinajstić information content (AvgIpc) is 2.99. The van der Waals surface area contributed by atoms with E-state index in [1.807, 2.05) is 70.2 Å². The number of nitrogens with one attached hydrogen (secondary N) is 1. The second-order valence-electron chi connectivity index (χ2n) is 8.03. The highest BCUT2D eigenvalue weighted by atomic mass is 35.5. The third kappa shape index (κ3) is 4.37. The number of nitrogens with zero attached hydrogens (tertiary/aromatic N) is 1. The van der Waals surface area contributed by atoms with Gasteiger partial charge in [-0.25, -0.2) is 4.90 Å². The van der Waals surface area contributed by atoms with Gasteiger partial charge in [0.1, 0.15) is 11.4 Å². The molecule has 0 saturated carbocycles. The van der Waals surface area contributed by atoms with Crippen LogP contribution in [0.15, 0.2) is 66.4 Å². The first-order valence-electron chi connectivity index (χ1n) is 10.8. The van der Waals surface area contributed by atoms with Crippen LogP contribution in [0.5, 0.6) is 5.75 Å². The van der Waals surface area contributed by atoms with Gasteiger partial charge in [0, 0.05) is 16.8 Å². The third-order valence-corrected chi connectivity index (χ3v) is 5.78. The predicted octanol–water partition coefficient (Wildman–Crippen LogP) is 6.06. The number of amides is 2. The number of hydrogen-bond donors (Lipinski definition) is 1. The highest BCUT2D eigenvalue weighted by Crippen LogP contribution is 2.37. The number of carbonyl (C=O) groups is 2. The van der Waals surface area contributed by atoms with Crippen LogP contribution < -0.4 is 15.0 Å². The summed E-state index contributed by atoms with van der Waals surface area (Å²) in [5.41, 5.74) is 5.20. The molecule has 33 heavy (non-hydrogen) atoms. The average molecular weight is 461 g/mol. The molecule has 168 valence electrons. The number of imide groups is 1. The molecule has 4 rings (SSSR count). The smallest absolute Gasteiger partial charge is 0.282 e. The van der Waals surface area contributed by atoms with E-state index in [9.17, 15) is 9.59 Å². The first-order chi connectivity index (χ1) is 15.8. The number of rotatable bonds is 6. The lowest BCUT2D eigenvalue weighted by atomic mass is 9.97. The molecule has 0 atom stereocenters. The second-order valence-corrected chi connectivity index (χ2v) is 8.47. The molecule has 0 fully saturated rings. The molecule has 2 amide bonds. The van der Waals surface area contributed by atoms with Crippen molar-refractivity contribution in [1.82, 2.24) is 0 Å². The van der Waals surface area contributed by atoms with Crippen LogP contribution in [0.1, 0.15) is 29.2 Å². The Morgan fingerprint density at radius 1 is 0.909 bits per heavy atom. The number of anilines is 2. The van der Waals surface area contributed by atoms with Gasteiger partial charge in [-0.05, 0) is 74.7 Å². The lowest BCUT2D eigenvalue weighted by Crippen LogP contribution is -2.33. The first-order valence-corrected chi connectivity index (χ1v) is 11.1. The van der Waals surface area contributed by atoms with Crippen LogP contribution >= 0.6 is 11.6 Å². The normalized spacial score (nSPS) is 13.7. The molecular formula is C27H25ClN2O3. The Bertz CT molecular complexity index is 1300. The van der Waals surface area contributed by atoms with Crippen molar-refractivity contribution in [2.75, 3.05) is 16.8 Å². The van der Waals surface area contributed by atoms with Crippen molar-refractivity contribution in [2.45, 2.75) is 27.7 Å². The molecule has 0 radical (unpaired) electrons. The van der Waals surface area contributed by atoms with Gasteiger partial charge in [-0.1, -0.05) is 41.4 Å². The van der Waals surface area contributed by atoms with Crippen LogP contribution in [0.2, 0.25) is 5.02 Å². The zero-order chi connectivity index (χ0) is 23.7. The van der Waals surface area contributed by atoms with Crippen LogP contribution in [0.4, 0.5) is 11.4 Å². The van der Waals surface area contributed by atoms with Crippen molar-refractivity contribution < 1.29 is 14.3 Å². The summed E-state index contributed by atoms with van der Waals surface area (Å²) >= 11 is 6.11.